The topological polar surface area (TPSA) is 241 Å². The minimum absolute atomic E-state index is 0. The number of aromatic amines is 2. The van der Waals surface area contributed by atoms with Gasteiger partial charge in [0.1, 0.15) is 35.8 Å². The van der Waals surface area contributed by atoms with Crippen LogP contribution in [0.15, 0.2) is 31.6 Å². The smallest absolute Gasteiger partial charge is 0.330 e. The third-order valence-corrected chi connectivity index (χ3v) is 5.84. The van der Waals surface area contributed by atoms with Crippen LogP contribution in [0.3, 0.4) is 0 Å². The molecule has 4 rings (SSSR count). The first kappa shape index (κ1) is 31.4. The quantitative estimate of drug-likeness (QED) is 0.203. The summed E-state index contributed by atoms with van der Waals surface area (Å²) in [6.07, 6.45) is -1.70. The van der Waals surface area contributed by atoms with Gasteiger partial charge in [0.2, 0.25) is 0 Å². The fraction of sp³-hybridized carbons (Fsp3) is 0.500. The molecule has 0 unspecified atom stereocenters. The Labute approximate surface area is 220 Å². The fourth-order valence-corrected chi connectivity index (χ4v) is 3.95. The molecule has 2 saturated heterocycles. The lowest BCUT2D eigenvalue weighted by molar-refractivity contribution is -0.0459. The van der Waals surface area contributed by atoms with E-state index in [0.717, 1.165) is 0 Å². The Balaban J connectivity index is 0.000000267. The molecule has 212 valence electrons. The molecule has 0 aliphatic carbocycles. The van der Waals surface area contributed by atoms with Crippen LogP contribution in [0.2, 0.25) is 0 Å². The van der Waals surface area contributed by atoms with Gasteiger partial charge in [-0.1, -0.05) is 11.8 Å². The number of aliphatic hydroxyl groups is 4. The van der Waals surface area contributed by atoms with Gasteiger partial charge in [-0.25, -0.2) is 9.59 Å². The first-order valence-electron chi connectivity index (χ1n) is 11.6. The normalized spacial score (nSPS) is 25.3. The van der Waals surface area contributed by atoms with Crippen LogP contribution in [0, 0.1) is 23.7 Å². The number of rotatable bonds is 4. The molecule has 0 saturated carbocycles. The highest BCUT2D eigenvalue weighted by atomic mass is 16.5. The molecule has 6 atom stereocenters. The zero-order chi connectivity index (χ0) is 28.0. The van der Waals surface area contributed by atoms with E-state index in [4.69, 9.17) is 19.7 Å². The molecule has 8 N–H and O–H groups in total. The zero-order valence-corrected chi connectivity index (χ0v) is 21.1. The third-order valence-electron chi connectivity index (χ3n) is 5.84. The number of hydrogen-bond donors (Lipinski definition) is 6. The van der Waals surface area contributed by atoms with Crippen molar-refractivity contribution < 1.29 is 35.4 Å². The van der Waals surface area contributed by atoms with Crippen molar-refractivity contribution in [3.05, 3.63) is 65.2 Å². The minimum Gasteiger partial charge on any atom is -0.412 e. The van der Waals surface area contributed by atoms with Crippen molar-refractivity contribution in [3.63, 3.8) is 0 Å². The fourth-order valence-electron chi connectivity index (χ4n) is 3.95. The maximum Gasteiger partial charge on any atom is 0.330 e. The Morgan fingerprint density at radius 2 is 1.15 bits per heavy atom. The Morgan fingerprint density at radius 1 is 0.795 bits per heavy atom. The molecule has 2 aromatic rings. The van der Waals surface area contributed by atoms with Crippen molar-refractivity contribution in [2.24, 2.45) is 0 Å². The average Bonchev–Trinajstić information content (AvgIpc) is 3.44. The Morgan fingerprint density at radius 3 is 1.44 bits per heavy atom. The number of H-pyrrole nitrogens is 2. The lowest BCUT2D eigenvalue weighted by atomic mass is 10.2. The number of hydrogen-bond acceptors (Lipinski definition) is 10. The van der Waals surface area contributed by atoms with Crippen LogP contribution in [0.25, 0.3) is 0 Å². The van der Waals surface area contributed by atoms with E-state index in [0.29, 0.717) is 0 Å². The van der Waals surface area contributed by atoms with Gasteiger partial charge in [0, 0.05) is 25.2 Å². The van der Waals surface area contributed by atoms with Crippen molar-refractivity contribution in [2.75, 3.05) is 13.2 Å². The molecule has 2 aliphatic heterocycles. The molecule has 0 radical (unpaired) electrons. The Hall–Kier alpha value is -3.80. The highest BCUT2D eigenvalue weighted by Gasteiger charge is 2.36. The number of ether oxygens (including phenoxy) is 2. The van der Waals surface area contributed by atoms with Crippen LogP contribution in [-0.2, 0) is 9.47 Å². The second kappa shape index (κ2) is 13.8. The van der Waals surface area contributed by atoms with Gasteiger partial charge < -0.3 is 35.4 Å². The second-order valence-corrected chi connectivity index (χ2v) is 8.40. The molecule has 39 heavy (non-hydrogen) atoms. The van der Waals surface area contributed by atoms with Crippen LogP contribution >= 0.6 is 0 Å². The first-order valence-corrected chi connectivity index (χ1v) is 11.6. The minimum atomic E-state index is -0.852. The zero-order valence-electron chi connectivity index (χ0n) is 21.1. The predicted octanol–water partition coefficient (Wildman–Crippen LogP) is -3.73. The standard InChI is InChI=1S/2C12H14N2O5.H2O/c2*1-2-3-7-5-14(12(18)13-11(7)17)10-4-8(16)9(6-15)19-10;/h2*5,8-10,15-16H,4,6H2,1H3,(H,13,17,18);1H2/t2*8-,9+,10+;/m00./s1. The SMILES string of the molecule is CC#Cc1cn([C@H]2C[C@H](O)[C@@H](CO)O2)c(=O)[nH]c1=O.CC#Cc1cn([C@H]2C[C@H](O)[C@@H](CO)O2)c(=O)[nH]c1=O.O. The molecule has 0 aromatic carbocycles. The number of aromatic nitrogens is 4. The summed E-state index contributed by atoms with van der Waals surface area (Å²) in [4.78, 5) is 50.7. The van der Waals surface area contributed by atoms with Gasteiger partial charge in [0.15, 0.2) is 0 Å². The lowest BCUT2D eigenvalue weighted by Gasteiger charge is -2.14. The van der Waals surface area contributed by atoms with Crippen molar-refractivity contribution in [1.82, 2.24) is 19.1 Å². The summed E-state index contributed by atoms with van der Waals surface area (Å²) in [6.45, 7) is 2.48. The summed E-state index contributed by atoms with van der Waals surface area (Å²) >= 11 is 0. The maximum atomic E-state index is 11.7. The van der Waals surface area contributed by atoms with Crippen LogP contribution in [0.5, 0.6) is 0 Å². The van der Waals surface area contributed by atoms with Crippen LogP contribution in [-0.4, -0.2) is 82.6 Å². The van der Waals surface area contributed by atoms with Crippen LogP contribution < -0.4 is 22.5 Å². The summed E-state index contributed by atoms with van der Waals surface area (Å²) in [6, 6.07) is 0. The summed E-state index contributed by atoms with van der Waals surface area (Å²) < 4.78 is 13.0. The molecule has 0 bridgehead atoms. The van der Waals surface area contributed by atoms with E-state index in [-0.39, 0.29) is 42.7 Å². The maximum absolute atomic E-state index is 11.7. The van der Waals surface area contributed by atoms with Gasteiger partial charge in [0.05, 0.1) is 25.4 Å². The Kier molecular flexibility index (Phi) is 11.1. The van der Waals surface area contributed by atoms with Crippen LogP contribution in [0.4, 0.5) is 0 Å². The molecule has 0 amide bonds. The molecule has 15 heteroatoms. The van der Waals surface area contributed by atoms with E-state index in [1.807, 2.05) is 0 Å². The summed E-state index contributed by atoms with van der Waals surface area (Å²) in [7, 11) is 0. The lowest BCUT2D eigenvalue weighted by Crippen LogP contribution is -2.33. The molecule has 0 spiro atoms. The predicted molar refractivity (Wildman–Crippen MR) is 135 cm³/mol. The highest BCUT2D eigenvalue weighted by Crippen LogP contribution is 2.28. The Bertz CT molecular complexity index is 1390. The highest BCUT2D eigenvalue weighted by molar-refractivity contribution is 5.29. The monoisotopic (exact) mass is 550 g/mol. The van der Waals surface area contributed by atoms with Gasteiger partial charge in [-0.05, 0) is 13.8 Å². The molecular formula is C24H30N4O11. The number of aliphatic hydroxyl groups excluding tert-OH is 4. The molecular weight excluding hydrogens is 520 g/mol. The number of nitrogens with one attached hydrogen (secondary N) is 2. The van der Waals surface area contributed by atoms with Gasteiger partial charge in [-0.15, -0.1) is 11.8 Å². The van der Waals surface area contributed by atoms with E-state index in [9.17, 15) is 29.4 Å². The van der Waals surface area contributed by atoms with E-state index >= 15 is 0 Å². The largest absolute Gasteiger partial charge is 0.412 e. The van der Waals surface area contributed by atoms with E-state index in [2.05, 4.69) is 33.6 Å². The van der Waals surface area contributed by atoms with Gasteiger partial charge in [0.25, 0.3) is 11.1 Å². The molecule has 4 heterocycles. The van der Waals surface area contributed by atoms with Gasteiger partial charge in [-0.3, -0.25) is 28.7 Å². The van der Waals surface area contributed by atoms with Crippen molar-refractivity contribution in [1.29, 1.82) is 0 Å². The van der Waals surface area contributed by atoms with Crippen molar-refractivity contribution in [3.8, 4) is 23.7 Å². The summed E-state index contributed by atoms with van der Waals surface area (Å²) in [5.74, 6) is 10.3. The van der Waals surface area contributed by atoms with Gasteiger partial charge in [-0.2, -0.15) is 0 Å². The van der Waals surface area contributed by atoms with Crippen molar-refractivity contribution >= 4 is 0 Å². The van der Waals surface area contributed by atoms with Crippen LogP contribution in [0.1, 0.15) is 50.3 Å². The molecule has 2 fully saturated rings. The average molecular weight is 551 g/mol. The molecule has 2 aromatic heterocycles. The summed E-state index contributed by atoms with van der Waals surface area (Å²) in [5.41, 5.74) is -2.11. The van der Waals surface area contributed by atoms with E-state index < -0.39 is 59.4 Å². The summed E-state index contributed by atoms with van der Waals surface area (Å²) in [5, 5.41) is 37.3. The van der Waals surface area contributed by atoms with E-state index in [1.165, 1.54) is 21.5 Å². The van der Waals surface area contributed by atoms with Crippen molar-refractivity contribution in [2.45, 2.75) is 63.6 Å². The third kappa shape index (κ3) is 7.20. The first-order chi connectivity index (χ1) is 18.1. The molecule has 2 aliphatic rings. The number of nitrogens with zero attached hydrogens (tertiary/aromatic N) is 2. The molecule has 15 nitrogen and oxygen atoms in total. The second-order valence-electron chi connectivity index (χ2n) is 8.40. The van der Waals surface area contributed by atoms with Gasteiger partial charge >= 0.3 is 11.4 Å². The van der Waals surface area contributed by atoms with E-state index in [1.54, 1.807) is 13.8 Å².